The van der Waals surface area contributed by atoms with Crippen LogP contribution in [0.1, 0.15) is 88.0 Å². The summed E-state index contributed by atoms with van der Waals surface area (Å²) in [7, 11) is 0. The van der Waals surface area contributed by atoms with E-state index in [1.165, 1.54) is 34.6 Å². The number of urea groups is 1. The van der Waals surface area contributed by atoms with Crippen LogP contribution in [0.5, 0.6) is 0 Å². The molecule has 6 aliphatic heterocycles. The molecule has 0 saturated carbocycles. The molecule has 3 amide bonds. The van der Waals surface area contributed by atoms with Crippen LogP contribution < -0.4 is 16.0 Å². The maximum absolute atomic E-state index is 13.1. The third kappa shape index (κ3) is 5.87. The van der Waals surface area contributed by atoms with E-state index in [2.05, 4.69) is 16.0 Å². The molecule has 0 radical (unpaired) electrons. The van der Waals surface area contributed by atoms with E-state index in [1.54, 1.807) is 39.5 Å². The van der Waals surface area contributed by atoms with Crippen molar-refractivity contribution in [2.45, 2.75) is 156 Å². The molecule has 0 aromatic heterocycles. The predicted octanol–water partition coefficient (Wildman–Crippen LogP) is -0.158. The van der Waals surface area contributed by atoms with Gasteiger partial charge in [-0.1, -0.05) is 13.3 Å². The van der Waals surface area contributed by atoms with Gasteiger partial charge in [-0.25, -0.2) is 4.79 Å². The Labute approximate surface area is 309 Å². The van der Waals surface area contributed by atoms with Gasteiger partial charge in [0.2, 0.25) is 11.7 Å². The highest BCUT2D eigenvalue weighted by atomic mass is 32.2. The van der Waals surface area contributed by atoms with Crippen LogP contribution in [0, 0.1) is 5.41 Å². The zero-order valence-electron chi connectivity index (χ0n) is 31.8. The first-order chi connectivity index (χ1) is 23.9. The summed E-state index contributed by atoms with van der Waals surface area (Å²) >= 11 is 1.81. The molecule has 6 rings (SSSR count). The number of carbonyl (C=O) groups is 3. The second-order valence-electron chi connectivity index (χ2n) is 17.0. The zero-order valence-corrected chi connectivity index (χ0v) is 32.6. The molecule has 0 aromatic rings. The molecule has 52 heavy (non-hydrogen) atoms. The molecule has 6 aliphatic rings. The topological polar surface area (TPSA) is 235 Å². The summed E-state index contributed by atoms with van der Waals surface area (Å²) in [6, 6.07) is 0.0593. The Balaban J connectivity index is 1.30. The number of unbranched alkanes of at least 4 members (excludes halogenated alkanes) is 1. The monoisotopic (exact) mass is 761 g/mol. The summed E-state index contributed by atoms with van der Waals surface area (Å²) < 4.78 is 30.4. The summed E-state index contributed by atoms with van der Waals surface area (Å²) in [4.78, 5) is 37.6. The Kier molecular flexibility index (Phi) is 10.7. The Morgan fingerprint density at radius 1 is 0.904 bits per heavy atom. The highest BCUT2D eigenvalue weighted by Gasteiger charge is 2.86. The van der Waals surface area contributed by atoms with Crippen LogP contribution >= 0.6 is 11.8 Å². The normalized spacial score (nSPS) is 49.4. The second kappa shape index (κ2) is 13.4. The van der Waals surface area contributed by atoms with Crippen LogP contribution in [0.3, 0.4) is 0 Å². The van der Waals surface area contributed by atoms with Crippen molar-refractivity contribution in [1.29, 1.82) is 0 Å². The predicted molar refractivity (Wildman–Crippen MR) is 187 cm³/mol. The highest BCUT2D eigenvalue weighted by Crippen LogP contribution is 2.65. The van der Waals surface area contributed by atoms with Crippen LogP contribution in [0.4, 0.5) is 4.79 Å². The molecule has 6 heterocycles. The average molecular weight is 762 g/mol. The minimum absolute atomic E-state index is 0.0800. The SMILES string of the molecule is CC(=O)NC1(C)C(C)(COC(=O)CCCCC2SC[C@@H]3NC(=O)N[C@H]23)OC(C)(CO)[C@@H](O)C1(C)COC[C@]1(C)OC2(CO)OC(C)(C1(C)O)[C@@]2(C)O. The number of esters is 1. The van der Waals surface area contributed by atoms with Gasteiger partial charge in [-0.2, -0.15) is 11.8 Å². The van der Waals surface area contributed by atoms with Crippen molar-refractivity contribution in [3.63, 3.8) is 0 Å². The lowest BCUT2D eigenvalue weighted by Crippen LogP contribution is -2.96. The Bertz CT molecular complexity index is 1420. The van der Waals surface area contributed by atoms with Gasteiger partial charge in [0.05, 0.1) is 43.5 Å². The van der Waals surface area contributed by atoms with Crippen LogP contribution in [0.15, 0.2) is 0 Å². The molecule has 17 heteroatoms. The minimum atomic E-state index is -1.85. The van der Waals surface area contributed by atoms with Crippen molar-refractivity contribution in [2.75, 3.05) is 38.8 Å². The molecule has 6 saturated heterocycles. The minimum Gasteiger partial charge on any atom is -0.463 e. The molecule has 16 nitrogen and oxygen atoms in total. The number of amides is 3. The van der Waals surface area contributed by atoms with E-state index in [4.69, 9.17) is 23.7 Å². The first-order valence-electron chi connectivity index (χ1n) is 18.0. The lowest BCUT2D eigenvalue weighted by Gasteiger charge is -2.76. The number of hydrogen-bond acceptors (Lipinski definition) is 14. The number of hydrogen-bond donors (Lipinski definition) is 8. The van der Waals surface area contributed by atoms with Gasteiger partial charge in [-0.3, -0.25) is 9.59 Å². The van der Waals surface area contributed by atoms with Crippen molar-refractivity contribution >= 4 is 29.7 Å². The fourth-order valence-electron chi connectivity index (χ4n) is 9.27. The summed E-state index contributed by atoms with van der Waals surface area (Å²) in [5, 5.41) is 64.8. The molecule has 13 atom stereocenters. The smallest absolute Gasteiger partial charge is 0.315 e. The summed E-state index contributed by atoms with van der Waals surface area (Å²) in [6.07, 6.45) is 0.838. The first kappa shape index (κ1) is 41.4. The third-order valence-electron chi connectivity index (χ3n) is 13.5. The van der Waals surface area contributed by atoms with E-state index in [9.17, 15) is 39.9 Å². The van der Waals surface area contributed by atoms with E-state index < -0.39 is 81.5 Å². The van der Waals surface area contributed by atoms with E-state index in [1.807, 2.05) is 0 Å². The quantitative estimate of drug-likeness (QED) is 0.0653. The van der Waals surface area contributed by atoms with Crippen molar-refractivity contribution in [2.24, 2.45) is 5.41 Å². The molecular formula is C35H59N3O13S. The van der Waals surface area contributed by atoms with Crippen molar-refractivity contribution in [3.05, 3.63) is 0 Å². The lowest BCUT2D eigenvalue weighted by molar-refractivity contribution is -0.579. The number of aliphatic hydroxyl groups excluding tert-OH is 3. The van der Waals surface area contributed by atoms with E-state index in [0.717, 1.165) is 18.6 Å². The van der Waals surface area contributed by atoms with Crippen molar-refractivity contribution in [1.82, 2.24) is 16.0 Å². The van der Waals surface area contributed by atoms with Gasteiger partial charge in [-0.05, 0) is 61.3 Å². The maximum Gasteiger partial charge on any atom is 0.315 e. The standard InChI is InChI=1S/C35H59N3O13S/c1-20(41)38-31(6)27(2,17-47-18-30(5)32(7,45)34(9)33(8,46)35(16-40,50-30)51-34)25(43)28(3,15-39)49-29(31,4)19-48-23(42)13-11-10-12-22-24-21(14-52-22)36-26(44)37-24/h21-22,24-25,39-40,43,45-46H,10-19H2,1-9H3,(H,38,41)(H2,36,37,44)/t21-,22?,24-,25-,27?,28?,29?,30-,31?,32?,33+,34?,35?/m0/s1. The largest absolute Gasteiger partial charge is 0.463 e. The van der Waals surface area contributed by atoms with Crippen LogP contribution in [0.2, 0.25) is 0 Å². The Hall–Kier alpha value is -1.80. The highest BCUT2D eigenvalue weighted by molar-refractivity contribution is 8.00. The van der Waals surface area contributed by atoms with E-state index in [0.29, 0.717) is 6.42 Å². The molecular weight excluding hydrogens is 702 g/mol. The van der Waals surface area contributed by atoms with Gasteiger partial charge in [0.25, 0.3) is 0 Å². The summed E-state index contributed by atoms with van der Waals surface area (Å²) in [5.74, 6) is -1.91. The van der Waals surface area contributed by atoms with Crippen LogP contribution in [-0.2, 0) is 33.3 Å². The van der Waals surface area contributed by atoms with Gasteiger partial charge < -0.3 is 65.2 Å². The second-order valence-corrected chi connectivity index (χ2v) is 18.2. The molecule has 298 valence electrons. The van der Waals surface area contributed by atoms with E-state index >= 15 is 0 Å². The molecule has 0 spiro atoms. The van der Waals surface area contributed by atoms with Crippen molar-refractivity contribution < 1.29 is 63.6 Å². The van der Waals surface area contributed by atoms with E-state index in [-0.39, 0.29) is 49.6 Å². The fourth-order valence-corrected chi connectivity index (χ4v) is 10.8. The van der Waals surface area contributed by atoms with Gasteiger partial charge in [-0.15, -0.1) is 0 Å². The molecule has 8 unspecified atom stereocenters. The van der Waals surface area contributed by atoms with Gasteiger partial charge in [0.1, 0.15) is 46.8 Å². The number of ether oxygens (including phenoxy) is 5. The molecule has 0 aliphatic carbocycles. The third-order valence-corrected chi connectivity index (χ3v) is 15.0. The molecule has 0 aromatic carbocycles. The number of carbonyl (C=O) groups excluding carboxylic acids is 3. The van der Waals surface area contributed by atoms with Crippen LogP contribution in [-0.4, -0.2) is 151 Å². The van der Waals surface area contributed by atoms with Crippen molar-refractivity contribution in [3.8, 4) is 0 Å². The molecule has 8 N–H and O–H groups in total. The van der Waals surface area contributed by atoms with Gasteiger partial charge >= 0.3 is 12.0 Å². The summed E-state index contributed by atoms with van der Waals surface area (Å²) in [5.41, 5.74) is -12.7. The first-order valence-corrected chi connectivity index (χ1v) is 19.1. The van der Waals surface area contributed by atoms with Gasteiger partial charge in [0.15, 0.2) is 0 Å². The number of rotatable bonds is 14. The average Bonchev–Trinajstić information content (AvgIpc) is 3.61. The number of fused-ring (bicyclic) bond motifs is 3. The number of nitrogens with one attached hydrogen (secondary N) is 3. The maximum atomic E-state index is 13.1. The molecule has 6 fully saturated rings. The van der Waals surface area contributed by atoms with Gasteiger partial charge in [0, 0.05) is 29.8 Å². The fraction of sp³-hybridized carbons (Fsp3) is 0.914. The van der Waals surface area contributed by atoms with Crippen LogP contribution in [0.25, 0.3) is 0 Å². The Morgan fingerprint density at radius 2 is 1.58 bits per heavy atom. The number of thioether (sulfide) groups is 1. The lowest BCUT2D eigenvalue weighted by atomic mass is 9.55. The molecule has 2 bridgehead atoms. The summed E-state index contributed by atoms with van der Waals surface area (Å²) in [6.45, 7) is 11.5. The zero-order chi connectivity index (χ0) is 39.0. The Morgan fingerprint density at radius 3 is 2.17 bits per heavy atom. The number of aliphatic hydroxyl groups is 5.